The lowest BCUT2D eigenvalue weighted by molar-refractivity contribution is 0.0942. The van der Waals surface area contributed by atoms with Crippen LogP contribution in [0.5, 0.6) is 0 Å². The number of nitrogens with zero attached hydrogens (tertiary/aromatic N) is 4. The number of amides is 2. The Hall–Kier alpha value is -4.60. The summed E-state index contributed by atoms with van der Waals surface area (Å²) in [6.45, 7) is 7.42. The third-order valence-corrected chi connectivity index (χ3v) is 4.47. The summed E-state index contributed by atoms with van der Waals surface area (Å²) in [5.41, 5.74) is 10.8. The van der Waals surface area contributed by atoms with E-state index in [2.05, 4.69) is 41.4 Å². The van der Waals surface area contributed by atoms with Gasteiger partial charge < -0.3 is 0 Å². The first-order valence-electron chi connectivity index (χ1n) is 10.5. The maximum atomic E-state index is 11.9. The summed E-state index contributed by atoms with van der Waals surface area (Å²) >= 11 is 0. The number of hydrogen-bond acceptors (Lipinski definition) is 6. The maximum Gasteiger partial charge on any atom is 0.291 e. The highest BCUT2D eigenvalue weighted by molar-refractivity contribution is 5.94. The lowest BCUT2D eigenvalue weighted by atomic mass is 10.1. The Balaban J connectivity index is 1.51. The Morgan fingerprint density at radius 3 is 1.47 bits per heavy atom. The SMILES string of the molecule is CC(C=NNC(=O)c1cc(C)[nH]n1)=Cc1ccc(C=C(C)C=NNC(=O)c2cc(C)[nH]n2)cc1. The van der Waals surface area contributed by atoms with E-state index in [1.807, 2.05) is 64.1 Å². The predicted molar refractivity (Wildman–Crippen MR) is 132 cm³/mol. The molecule has 0 spiro atoms. The van der Waals surface area contributed by atoms with Gasteiger partial charge in [-0.3, -0.25) is 19.8 Å². The van der Waals surface area contributed by atoms with E-state index in [1.54, 1.807) is 24.6 Å². The first-order valence-corrected chi connectivity index (χ1v) is 10.5. The molecule has 0 saturated heterocycles. The highest BCUT2D eigenvalue weighted by atomic mass is 16.2. The second-order valence-electron chi connectivity index (χ2n) is 7.71. The number of hydrogen-bond donors (Lipinski definition) is 4. The van der Waals surface area contributed by atoms with Crippen molar-refractivity contribution in [3.05, 3.63) is 81.4 Å². The van der Waals surface area contributed by atoms with Crippen LogP contribution in [0.1, 0.15) is 57.3 Å². The van der Waals surface area contributed by atoms with Gasteiger partial charge in [-0.15, -0.1) is 0 Å². The van der Waals surface area contributed by atoms with E-state index in [0.717, 1.165) is 33.7 Å². The highest BCUT2D eigenvalue weighted by Gasteiger charge is 2.08. The fourth-order valence-corrected chi connectivity index (χ4v) is 2.86. The largest absolute Gasteiger partial charge is 0.291 e. The van der Waals surface area contributed by atoms with E-state index in [1.165, 1.54) is 0 Å². The normalized spacial score (nSPS) is 12.5. The number of aromatic amines is 2. The number of H-pyrrole nitrogens is 2. The third-order valence-electron chi connectivity index (χ3n) is 4.47. The van der Waals surface area contributed by atoms with Crippen LogP contribution in [0.15, 0.2) is 57.7 Å². The van der Waals surface area contributed by atoms with Gasteiger partial charge >= 0.3 is 0 Å². The van der Waals surface area contributed by atoms with Crippen LogP contribution in [0.2, 0.25) is 0 Å². The van der Waals surface area contributed by atoms with Gasteiger partial charge in [0.15, 0.2) is 11.4 Å². The van der Waals surface area contributed by atoms with Gasteiger partial charge in [0.25, 0.3) is 11.8 Å². The van der Waals surface area contributed by atoms with E-state index in [-0.39, 0.29) is 23.2 Å². The van der Waals surface area contributed by atoms with Crippen molar-refractivity contribution < 1.29 is 9.59 Å². The molecular formula is C24H26N8O2. The number of benzene rings is 1. The molecule has 0 aliphatic carbocycles. The molecule has 0 fully saturated rings. The Bertz CT molecular complexity index is 1180. The molecule has 2 aromatic heterocycles. The molecule has 2 amide bonds. The quantitative estimate of drug-likeness (QED) is 0.303. The van der Waals surface area contributed by atoms with E-state index >= 15 is 0 Å². The summed E-state index contributed by atoms with van der Waals surface area (Å²) in [6, 6.07) is 11.2. The van der Waals surface area contributed by atoms with Crippen molar-refractivity contribution in [2.75, 3.05) is 0 Å². The molecule has 0 bridgehead atoms. The molecule has 0 atom stereocenters. The zero-order chi connectivity index (χ0) is 24.5. The Morgan fingerprint density at radius 1 is 0.765 bits per heavy atom. The van der Waals surface area contributed by atoms with Gasteiger partial charge in [0, 0.05) is 11.4 Å². The predicted octanol–water partition coefficient (Wildman–Crippen LogP) is 3.39. The number of allylic oxidation sites excluding steroid dienone is 2. The van der Waals surface area contributed by atoms with Crippen molar-refractivity contribution in [3.63, 3.8) is 0 Å². The minimum absolute atomic E-state index is 0.287. The minimum atomic E-state index is -0.376. The van der Waals surface area contributed by atoms with Gasteiger partial charge in [-0.2, -0.15) is 20.4 Å². The van der Waals surface area contributed by atoms with Crippen molar-refractivity contribution in [2.45, 2.75) is 27.7 Å². The molecule has 0 aliphatic heterocycles. The maximum absolute atomic E-state index is 11.9. The van der Waals surface area contributed by atoms with Crippen molar-refractivity contribution in [2.24, 2.45) is 10.2 Å². The summed E-state index contributed by atoms with van der Waals surface area (Å²) in [6.07, 6.45) is 7.04. The second kappa shape index (κ2) is 11.3. The standard InChI is InChI=1S/C24H26N8O2/c1-15(13-25-31-23(33)21-11-17(3)27-29-21)9-19-5-7-20(8-6-19)10-16(2)14-26-32-24(34)22-12-18(4)28-30-22/h5-14H,1-4H3,(H,27,29)(H,28,30)(H,31,33)(H,32,34). The summed E-state index contributed by atoms with van der Waals surface area (Å²) < 4.78 is 0. The molecule has 3 aromatic rings. The van der Waals surface area contributed by atoms with Gasteiger partial charge in [0.1, 0.15) is 0 Å². The lowest BCUT2D eigenvalue weighted by Crippen LogP contribution is -2.18. The van der Waals surface area contributed by atoms with Crippen LogP contribution in [-0.4, -0.2) is 44.6 Å². The van der Waals surface area contributed by atoms with Crippen molar-refractivity contribution >= 4 is 36.4 Å². The first kappa shape index (κ1) is 24.1. The number of hydrazone groups is 2. The fourth-order valence-electron chi connectivity index (χ4n) is 2.86. The van der Waals surface area contributed by atoms with Gasteiger partial charge in [-0.1, -0.05) is 36.4 Å². The Kier molecular flexibility index (Phi) is 8.01. The number of rotatable bonds is 8. The van der Waals surface area contributed by atoms with Gasteiger partial charge in [0.05, 0.1) is 12.4 Å². The summed E-state index contributed by atoms with van der Waals surface area (Å²) in [5.74, 6) is -0.751. The number of carbonyl (C=O) groups excluding carboxylic acids is 2. The number of carbonyl (C=O) groups is 2. The zero-order valence-corrected chi connectivity index (χ0v) is 19.4. The van der Waals surface area contributed by atoms with E-state index in [4.69, 9.17) is 0 Å². The average Bonchev–Trinajstić information content (AvgIpc) is 3.43. The molecule has 3 rings (SSSR count). The van der Waals surface area contributed by atoms with Gasteiger partial charge in [0.2, 0.25) is 0 Å². The molecule has 1 aromatic carbocycles. The molecule has 10 heteroatoms. The van der Waals surface area contributed by atoms with Crippen LogP contribution in [0, 0.1) is 13.8 Å². The Labute approximate surface area is 196 Å². The molecule has 174 valence electrons. The molecule has 0 aliphatic rings. The second-order valence-corrected chi connectivity index (χ2v) is 7.71. The monoisotopic (exact) mass is 458 g/mol. The van der Waals surface area contributed by atoms with Crippen LogP contribution in [0.25, 0.3) is 12.2 Å². The molecule has 0 unspecified atom stereocenters. The molecular weight excluding hydrogens is 432 g/mol. The van der Waals surface area contributed by atoms with E-state index in [0.29, 0.717) is 0 Å². The number of aryl methyl sites for hydroxylation is 2. The first-order chi connectivity index (χ1) is 16.3. The van der Waals surface area contributed by atoms with Gasteiger partial charge in [-0.25, -0.2) is 10.9 Å². The fraction of sp³-hybridized carbons (Fsp3) is 0.167. The minimum Gasteiger partial charge on any atom is -0.282 e. The van der Waals surface area contributed by atoms with Gasteiger partial charge in [-0.05, 0) is 62.1 Å². The van der Waals surface area contributed by atoms with Crippen LogP contribution in [0.4, 0.5) is 0 Å². The van der Waals surface area contributed by atoms with E-state index < -0.39 is 0 Å². The van der Waals surface area contributed by atoms with Crippen molar-refractivity contribution in [3.8, 4) is 0 Å². The van der Waals surface area contributed by atoms with Crippen LogP contribution < -0.4 is 10.9 Å². The topological polar surface area (TPSA) is 140 Å². The van der Waals surface area contributed by atoms with Crippen LogP contribution >= 0.6 is 0 Å². The molecule has 34 heavy (non-hydrogen) atoms. The zero-order valence-electron chi connectivity index (χ0n) is 19.4. The van der Waals surface area contributed by atoms with Crippen molar-refractivity contribution in [1.29, 1.82) is 0 Å². The summed E-state index contributed by atoms with van der Waals surface area (Å²) in [5, 5.41) is 21.1. The molecule has 0 saturated carbocycles. The average molecular weight is 459 g/mol. The number of aromatic nitrogens is 4. The third kappa shape index (κ3) is 7.23. The molecule has 10 nitrogen and oxygen atoms in total. The molecule has 0 radical (unpaired) electrons. The highest BCUT2D eigenvalue weighted by Crippen LogP contribution is 2.11. The van der Waals surface area contributed by atoms with Crippen molar-refractivity contribution in [1.82, 2.24) is 31.2 Å². The smallest absolute Gasteiger partial charge is 0.282 e. The molecule has 4 N–H and O–H groups in total. The number of nitrogens with one attached hydrogen (secondary N) is 4. The summed E-state index contributed by atoms with van der Waals surface area (Å²) in [7, 11) is 0. The van der Waals surface area contributed by atoms with Crippen LogP contribution in [-0.2, 0) is 0 Å². The summed E-state index contributed by atoms with van der Waals surface area (Å²) in [4.78, 5) is 23.8. The lowest BCUT2D eigenvalue weighted by Gasteiger charge is -2.00. The van der Waals surface area contributed by atoms with Crippen LogP contribution in [0.3, 0.4) is 0 Å². The Morgan fingerprint density at radius 2 is 1.15 bits per heavy atom. The molecule has 2 heterocycles. The van der Waals surface area contributed by atoms with E-state index in [9.17, 15) is 9.59 Å².